The third kappa shape index (κ3) is 2.93. The van der Waals surface area contributed by atoms with Gasteiger partial charge in [-0.2, -0.15) is 0 Å². The van der Waals surface area contributed by atoms with Crippen molar-refractivity contribution in [2.45, 2.75) is 0 Å². The topological polar surface area (TPSA) is 12.9 Å². The van der Waals surface area contributed by atoms with E-state index in [1.54, 1.807) is 6.07 Å². The Morgan fingerprint density at radius 1 is 0.405 bits per heavy atom. The van der Waals surface area contributed by atoms with E-state index in [1.165, 1.54) is 38.4 Å². The predicted molar refractivity (Wildman–Crippen MR) is 155 cm³/mol. The minimum atomic E-state index is -0.212. The van der Waals surface area contributed by atoms with Crippen LogP contribution >= 0.6 is 0 Å². The number of pyridine rings is 1. The first-order chi connectivity index (χ1) is 18.3. The predicted octanol–water partition coefficient (Wildman–Crippen LogP) is 9.81. The molecule has 8 rings (SSSR count). The van der Waals surface area contributed by atoms with Crippen LogP contribution in [0.3, 0.4) is 0 Å². The summed E-state index contributed by atoms with van der Waals surface area (Å²) in [7, 11) is 0. The Labute approximate surface area is 212 Å². The molecule has 0 unspecified atom stereocenters. The summed E-state index contributed by atoms with van der Waals surface area (Å²) in [6, 6.07) is 39.5. The number of hydrogen-bond donors (Lipinski definition) is 0. The van der Waals surface area contributed by atoms with Gasteiger partial charge in [0.05, 0.1) is 5.69 Å². The molecule has 8 aromatic rings. The van der Waals surface area contributed by atoms with E-state index < -0.39 is 0 Å². The van der Waals surface area contributed by atoms with Crippen molar-refractivity contribution in [2.75, 3.05) is 0 Å². The second kappa shape index (κ2) is 7.59. The average molecular weight is 474 g/mol. The van der Waals surface area contributed by atoms with Crippen LogP contribution in [0.5, 0.6) is 0 Å². The third-order valence-electron chi connectivity index (χ3n) is 7.74. The first-order valence-electron chi connectivity index (χ1n) is 12.5. The molecule has 1 aromatic heterocycles. The van der Waals surface area contributed by atoms with E-state index in [1.807, 2.05) is 18.3 Å². The summed E-state index contributed by atoms with van der Waals surface area (Å²) in [6.45, 7) is 0. The zero-order valence-electron chi connectivity index (χ0n) is 19.9. The SMILES string of the molecule is Fc1ccc2c(ccc3c4ccnc(-c5ccc6c7ccccc7c7ccccc7c6c5)c4ccc23)c1. The van der Waals surface area contributed by atoms with Gasteiger partial charge in [-0.1, -0.05) is 91.0 Å². The monoisotopic (exact) mass is 473 g/mol. The third-order valence-corrected chi connectivity index (χ3v) is 7.74. The summed E-state index contributed by atoms with van der Waals surface area (Å²) in [5.41, 5.74) is 2.07. The molecule has 0 spiro atoms. The van der Waals surface area contributed by atoms with Gasteiger partial charge in [0.25, 0.3) is 0 Å². The zero-order valence-corrected chi connectivity index (χ0v) is 19.9. The summed E-state index contributed by atoms with van der Waals surface area (Å²) in [6.07, 6.45) is 1.90. The molecule has 172 valence electrons. The van der Waals surface area contributed by atoms with E-state index in [0.717, 1.165) is 43.6 Å². The number of fused-ring (bicyclic) bond motifs is 11. The van der Waals surface area contributed by atoms with Crippen LogP contribution in [0.4, 0.5) is 4.39 Å². The molecule has 0 atom stereocenters. The molecule has 0 fully saturated rings. The molecule has 1 heterocycles. The lowest BCUT2D eigenvalue weighted by Crippen LogP contribution is -1.89. The van der Waals surface area contributed by atoms with Crippen molar-refractivity contribution in [1.29, 1.82) is 0 Å². The van der Waals surface area contributed by atoms with Gasteiger partial charge in [0.15, 0.2) is 0 Å². The summed E-state index contributed by atoms with van der Waals surface area (Å²) in [5, 5.41) is 14.1. The lowest BCUT2D eigenvalue weighted by molar-refractivity contribution is 0.630. The fraction of sp³-hybridized carbons (Fsp3) is 0. The second-order valence-electron chi connectivity index (χ2n) is 9.70. The highest BCUT2D eigenvalue weighted by molar-refractivity contribution is 6.26. The summed E-state index contributed by atoms with van der Waals surface area (Å²) in [5.74, 6) is -0.212. The van der Waals surface area contributed by atoms with Crippen molar-refractivity contribution in [3.63, 3.8) is 0 Å². The van der Waals surface area contributed by atoms with Crippen molar-refractivity contribution in [3.8, 4) is 11.3 Å². The van der Waals surface area contributed by atoms with E-state index in [0.29, 0.717) is 0 Å². The number of hydrogen-bond acceptors (Lipinski definition) is 1. The van der Waals surface area contributed by atoms with Crippen LogP contribution in [-0.4, -0.2) is 4.98 Å². The summed E-state index contributed by atoms with van der Waals surface area (Å²) >= 11 is 0. The number of benzene rings is 7. The first-order valence-corrected chi connectivity index (χ1v) is 12.5. The minimum absolute atomic E-state index is 0.212. The molecule has 0 bridgehead atoms. The lowest BCUT2D eigenvalue weighted by Gasteiger charge is -2.13. The highest BCUT2D eigenvalue weighted by Crippen LogP contribution is 2.39. The number of halogens is 1. The maximum atomic E-state index is 13.8. The Morgan fingerprint density at radius 3 is 1.68 bits per heavy atom. The molecule has 0 saturated heterocycles. The molecule has 0 saturated carbocycles. The van der Waals surface area contributed by atoms with Crippen LogP contribution in [0.1, 0.15) is 0 Å². The van der Waals surface area contributed by atoms with E-state index in [2.05, 4.69) is 91.0 Å². The van der Waals surface area contributed by atoms with Crippen molar-refractivity contribution in [1.82, 2.24) is 4.98 Å². The Balaban J connectivity index is 1.43. The van der Waals surface area contributed by atoms with E-state index in [9.17, 15) is 4.39 Å². The van der Waals surface area contributed by atoms with Gasteiger partial charge in [0.1, 0.15) is 5.82 Å². The standard InChI is InChI=1S/C35H20FN/c36-23-11-14-24-21(19-23)9-12-30-29(24)15-16-33-32(30)17-18-37-35(33)22-10-13-31-27-7-2-1-5-25(27)26-6-3-4-8-28(26)34(31)20-22/h1-20H. The number of nitrogens with zero attached hydrogens (tertiary/aromatic N) is 1. The highest BCUT2D eigenvalue weighted by atomic mass is 19.1. The van der Waals surface area contributed by atoms with E-state index in [-0.39, 0.29) is 5.82 Å². The summed E-state index contributed by atoms with van der Waals surface area (Å²) < 4.78 is 13.8. The molecule has 1 nitrogen and oxygen atoms in total. The van der Waals surface area contributed by atoms with Crippen LogP contribution < -0.4 is 0 Å². The Hall–Kier alpha value is -4.82. The summed E-state index contributed by atoms with van der Waals surface area (Å²) in [4.78, 5) is 4.86. The molecule has 7 aromatic carbocycles. The van der Waals surface area contributed by atoms with Gasteiger partial charge in [-0.3, -0.25) is 4.98 Å². The molecule has 2 heteroatoms. The molecule has 0 radical (unpaired) electrons. The fourth-order valence-corrected chi connectivity index (χ4v) is 6.07. The van der Waals surface area contributed by atoms with Crippen LogP contribution in [0.15, 0.2) is 121 Å². The molecule has 0 aliphatic carbocycles. The Kier molecular flexibility index (Phi) is 4.18. The Bertz CT molecular complexity index is 2180. The maximum Gasteiger partial charge on any atom is 0.123 e. The van der Waals surface area contributed by atoms with Gasteiger partial charge in [0, 0.05) is 17.1 Å². The van der Waals surface area contributed by atoms with Crippen LogP contribution in [-0.2, 0) is 0 Å². The van der Waals surface area contributed by atoms with E-state index >= 15 is 0 Å². The molecule has 0 amide bonds. The molecular formula is C35H20FN. The number of rotatable bonds is 1. The van der Waals surface area contributed by atoms with Crippen molar-refractivity contribution in [2.24, 2.45) is 0 Å². The van der Waals surface area contributed by atoms with Crippen LogP contribution in [0.2, 0.25) is 0 Å². The average Bonchev–Trinajstić information content (AvgIpc) is 2.96. The molecular weight excluding hydrogens is 453 g/mol. The van der Waals surface area contributed by atoms with Gasteiger partial charge in [-0.05, 0) is 83.5 Å². The largest absolute Gasteiger partial charge is 0.256 e. The maximum absolute atomic E-state index is 13.8. The van der Waals surface area contributed by atoms with Gasteiger partial charge in [-0.25, -0.2) is 4.39 Å². The minimum Gasteiger partial charge on any atom is -0.256 e. The zero-order chi connectivity index (χ0) is 24.5. The quantitative estimate of drug-likeness (QED) is 0.216. The molecule has 0 aliphatic rings. The molecule has 0 N–H and O–H groups in total. The normalized spacial score (nSPS) is 11.9. The van der Waals surface area contributed by atoms with Gasteiger partial charge in [-0.15, -0.1) is 0 Å². The van der Waals surface area contributed by atoms with Crippen LogP contribution in [0, 0.1) is 5.82 Å². The van der Waals surface area contributed by atoms with Crippen LogP contribution in [0.25, 0.3) is 75.9 Å². The molecule has 0 aliphatic heterocycles. The Morgan fingerprint density at radius 2 is 0.919 bits per heavy atom. The van der Waals surface area contributed by atoms with E-state index in [4.69, 9.17) is 4.98 Å². The second-order valence-corrected chi connectivity index (χ2v) is 9.70. The van der Waals surface area contributed by atoms with Gasteiger partial charge < -0.3 is 0 Å². The first kappa shape index (κ1) is 20.4. The van der Waals surface area contributed by atoms with Crippen molar-refractivity contribution >= 4 is 64.6 Å². The van der Waals surface area contributed by atoms with Crippen molar-refractivity contribution < 1.29 is 4.39 Å². The lowest BCUT2D eigenvalue weighted by atomic mass is 9.91. The number of aromatic nitrogens is 1. The molecule has 37 heavy (non-hydrogen) atoms. The smallest absolute Gasteiger partial charge is 0.123 e. The highest BCUT2D eigenvalue weighted by Gasteiger charge is 2.13. The van der Waals surface area contributed by atoms with Gasteiger partial charge >= 0.3 is 0 Å². The van der Waals surface area contributed by atoms with Crippen molar-refractivity contribution in [3.05, 3.63) is 127 Å². The fourth-order valence-electron chi connectivity index (χ4n) is 6.07. The van der Waals surface area contributed by atoms with Gasteiger partial charge in [0.2, 0.25) is 0 Å².